The molecule has 8 heteroatoms. The van der Waals surface area contributed by atoms with Crippen molar-refractivity contribution in [3.05, 3.63) is 35.9 Å². The Hall–Kier alpha value is -2.48. The van der Waals surface area contributed by atoms with Crippen LogP contribution in [0.3, 0.4) is 0 Å². The van der Waals surface area contributed by atoms with Crippen LogP contribution in [0.5, 0.6) is 0 Å². The van der Waals surface area contributed by atoms with Gasteiger partial charge in [-0.3, -0.25) is 14.4 Å². The highest BCUT2D eigenvalue weighted by atomic mass is 32.1. The van der Waals surface area contributed by atoms with E-state index in [1.54, 1.807) is 4.90 Å². The van der Waals surface area contributed by atoms with E-state index in [1.165, 1.54) is 0 Å². The molecule has 0 bridgehead atoms. The number of rotatable bonds is 5. The van der Waals surface area contributed by atoms with Crippen LogP contribution in [-0.2, 0) is 25.7 Å². The van der Waals surface area contributed by atoms with Gasteiger partial charge in [0, 0.05) is 19.0 Å². The van der Waals surface area contributed by atoms with Crippen LogP contribution in [0.15, 0.2) is 30.3 Å². The number of hydrogen-bond acceptors (Lipinski definition) is 5. The van der Waals surface area contributed by atoms with Gasteiger partial charge in [-0.2, -0.15) is 0 Å². The number of carbonyl (C=O) groups is 3. The molecule has 1 unspecified atom stereocenters. The monoisotopic (exact) mass is 375 g/mol. The fraction of sp³-hybridized carbons (Fsp3) is 0.444. The zero-order valence-corrected chi connectivity index (χ0v) is 15.1. The molecule has 1 aromatic rings. The van der Waals surface area contributed by atoms with Crippen molar-refractivity contribution in [2.75, 3.05) is 13.1 Å². The highest BCUT2D eigenvalue weighted by Gasteiger charge is 2.36. The molecule has 2 aliphatic rings. The molecular formula is C18H21N3O4S. The minimum atomic E-state index is -0.779. The van der Waals surface area contributed by atoms with Crippen molar-refractivity contribution in [2.24, 2.45) is 5.92 Å². The zero-order valence-electron chi connectivity index (χ0n) is 14.3. The van der Waals surface area contributed by atoms with E-state index >= 15 is 0 Å². The number of piperazine rings is 1. The molecule has 2 fully saturated rings. The summed E-state index contributed by atoms with van der Waals surface area (Å²) in [6.45, 7) is 0.997. The SMILES string of the molecule is O=C(CC1C(=O)NCCN1C(=S)NC(=O)C1CC1)OCc1ccccc1. The number of carbonyl (C=O) groups excluding carboxylic acids is 3. The summed E-state index contributed by atoms with van der Waals surface area (Å²) in [5, 5.41) is 5.60. The largest absolute Gasteiger partial charge is 0.461 e. The topological polar surface area (TPSA) is 87.7 Å². The average molecular weight is 375 g/mol. The first-order valence-electron chi connectivity index (χ1n) is 8.63. The second-order valence-corrected chi connectivity index (χ2v) is 6.81. The van der Waals surface area contributed by atoms with E-state index in [0.29, 0.717) is 13.1 Å². The molecule has 1 aliphatic heterocycles. The smallest absolute Gasteiger partial charge is 0.308 e. The van der Waals surface area contributed by atoms with Crippen LogP contribution in [0.1, 0.15) is 24.8 Å². The first-order chi connectivity index (χ1) is 12.5. The van der Waals surface area contributed by atoms with E-state index in [9.17, 15) is 14.4 Å². The van der Waals surface area contributed by atoms with Gasteiger partial charge in [-0.25, -0.2) is 0 Å². The molecule has 1 atom stereocenters. The van der Waals surface area contributed by atoms with Crippen molar-refractivity contribution in [3.63, 3.8) is 0 Å². The minimum absolute atomic E-state index is 0.0147. The van der Waals surface area contributed by atoms with E-state index in [-0.39, 0.29) is 35.9 Å². The zero-order chi connectivity index (χ0) is 18.5. The number of esters is 1. The summed E-state index contributed by atoms with van der Waals surface area (Å²) in [6, 6.07) is 8.54. The lowest BCUT2D eigenvalue weighted by molar-refractivity contribution is -0.148. The average Bonchev–Trinajstić information content (AvgIpc) is 3.47. The van der Waals surface area contributed by atoms with Gasteiger partial charge in [0.05, 0.1) is 6.42 Å². The lowest BCUT2D eigenvalue weighted by atomic mass is 10.1. The third kappa shape index (κ3) is 4.78. The molecule has 1 aliphatic carbocycles. The molecule has 2 amide bonds. The van der Waals surface area contributed by atoms with Crippen molar-refractivity contribution in [1.82, 2.24) is 15.5 Å². The number of hydrogen-bond donors (Lipinski definition) is 2. The molecule has 1 saturated carbocycles. The van der Waals surface area contributed by atoms with Crippen molar-refractivity contribution in [3.8, 4) is 0 Å². The van der Waals surface area contributed by atoms with Crippen molar-refractivity contribution in [1.29, 1.82) is 0 Å². The number of nitrogens with zero attached hydrogens (tertiary/aromatic N) is 1. The summed E-state index contributed by atoms with van der Waals surface area (Å²) in [5.41, 5.74) is 0.873. The Labute approximate surface area is 157 Å². The van der Waals surface area contributed by atoms with E-state index in [0.717, 1.165) is 18.4 Å². The summed E-state index contributed by atoms with van der Waals surface area (Å²) >= 11 is 5.28. The molecule has 1 aromatic carbocycles. The molecule has 138 valence electrons. The Morgan fingerprint density at radius 3 is 2.69 bits per heavy atom. The summed E-state index contributed by atoms with van der Waals surface area (Å²) in [5.74, 6) is -0.889. The van der Waals surface area contributed by atoms with Gasteiger partial charge in [-0.1, -0.05) is 30.3 Å². The second-order valence-electron chi connectivity index (χ2n) is 6.42. The van der Waals surface area contributed by atoms with Crippen LogP contribution in [0, 0.1) is 5.92 Å². The summed E-state index contributed by atoms with van der Waals surface area (Å²) in [4.78, 5) is 37.9. The van der Waals surface area contributed by atoms with Gasteiger partial charge in [0.1, 0.15) is 12.6 Å². The first kappa shape index (κ1) is 18.3. The summed E-state index contributed by atoms with van der Waals surface area (Å²) < 4.78 is 5.26. The van der Waals surface area contributed by atoms with Gasteiger partial charge in [-0.05, 0) is 30.6 Å². The molecule has 0 radical (unpaired) electrons. The van der Waals surface area contributed by atoms with E-state index < -0.39 is 12.0 Å². The van der Waals surface area contributed by atoms with E-state index in [2.05, 4.69) is 10.6 Å². The number of nitrogens with one attached hydrogen (secondary N) is 2. The van der Waals surface area contributed by atoms with Crippen molar-refractivity contribution in [2.45, 2.75) is 31.9 Å². The van der Waals surface area contributed by atoms with Crippen LogP contribution in [0.2, 0.25) is 0 Å². The predicted octanol–water partition coefficient (Wildman–Crippen LogP) is 0.731. The van der Waals surface area contributed by atoms with Gasteiger partial charge in [0.15, 0.2) is 5.11 Å². The minimum Gasteiger partial charge on any atom is -0.461 e. The van der Waals surface area contributed by atoms with Gasteiger partial charge < -0.3 is 20.3 Å². The molecule has 26 heavy (non-hydrogen) atoms. The van der Waals surface area contributed by atoms with Crippen molar-refractivity contribution < 1.29 is 19.1 Å². The Morgan fingerprint density at radius 1 is 1.27 bits per heavy atom. The van der Waals surface area contributed by atoms with Gasteiger partial charge in [-0.15, -0.1) is 0 Å². The van der Waals surface area contributed by atoms with Crippen LogP contribution >= 0.6 is 12.2 Å². The Kier molecular flexibility index (Phi) is 5.82. The predicted molar refractivity (Wildman–Crippen MR) is 97.8 cm³/mol. The summed E-state index contributed by atoms with van der Waals surface area (Å²) in [7, 11) is 0. The van der Waals surface area contributed by atoms with Crippen LogP contribution < -0.4 is 10.6 Å². The molecule has 3 rings (SSSR count). The quantitative estimate of drug-likeness (QED) is 0.583. The summed E-state index contributed by atoms with van der Waals surface area (Å²) in [6.07, 6.45) is 1.60. The number of ether oxygens (including phenoxy) is 1. The molecule has 1 saturated heterocycles. The van der Waals surface area contributed by atoms with Gasteiger partial charge >= 0.3 is 5.97 Å². The molecule has 0 aromatic heterocycles. The maximum atomic E-state index is 12.2. The lowest BCUT2D eigenvalue weighted by Gasteiger charge is -2.36. The maximum Gasteiger partial charge on any atom is 0.308 e. The maximum absolute atomic E-state index is 12.2. The fourth-order valence-electron chi connectivity index (χ4n) is 2.74. The number of amides is 2. The molecule has 7 nitrogen and oxygen atoms in total. The lowest BCUT2D eigenvalue weighted by Crippen LogP contribution is -2.60. The fourth-order valence-corrected chi connectivity index (χ4v) is 3.06. The standard InChI is InChI=1S/C18H21N3O4S/c22-15(25-11-12-4-2-1-3-5-12)10-14-17(24)19-8-9-21(14)18(26)20-16(23)13-6-7-13/h1-5,13-14H,6-11H2,(H,19,24)(H,20,23,26). The Morgan fingerprint density at radius 2 is 2.00 bits per heavy atom. The molecule has 0 spiro atoms. The first-order valence-corrected chi connectivity index (χ1v) is 9.04. The van der Waals surface area contributed by atoms with Gasteiger partial charge in [0.25, 0.3) is 0 Å². The highest BCUT2D eigenvalue weighted by molar-refractivity contribution is 7.80. The van der Waals surface area contributed by atoms with Crippen LogP contribution in [0.4, 0.5) is 0 Å². The van der Waals surface area contributed by atoms with Crippen LogP contribution in [0.25, 0.3) is 0 Å². The molecule has 1 heterocycles. The normalized spacial score (nSPS) is 19.5. The van der Waals surface area contributed by atoms with E-state index in [4.69, 9.17) is 17.0 Å². The Bertz CT molecular complexity index is 706. The number of thiocarbonyl (C=S) groups is 1. The second kappa shape index (κ2) is 8.27. The van der Waals surface area contributed by atoms with E-state index in [1.807, 2.05) is 30.3 Å². The third-order valence-electron chi connectivity index (χ3n) is 4.37. The molecular weight excluding hydrogens is 354 g/mol. The van der Waals surface area contributed by atoms with Crippen molar-refractivity contribution >= 4 is 35.1 Å². The number of benzene rings is 1. The van der Waals surface area contributed by atoms with Crippen LogP contribution in [-0.4, -0.2) is 46.9 Å². The highest BCUT2D eigenvalue weighted by Crippen LogP contribution is 2.28. The third-order valence-corrected chi connectivity index (χ3v) is 4.71. The molecule has 2 N–H and O–H groups in total. The van der Waals surface area contributed by atoms with Gasteiger partial charge in [0.2, 0.25) is 11.8 Å². The Balaban J connectivity index is 1.56.